The van der Waals surface area contributed by atoms with Crippen molar-refractivity contribution in [3.05, 3.63) is 53.9 Å². The molecule has 3 rings (SSSR count). The second-order valence-electron chi connectivity index (χ2n) is 5.88. The molecular weight excluding hydrogens is 304 g/mol. The maximum absolute atomic E-state index is 12.4. The van der Waals surface area contributed by atoms with Gasteiger partial charge in [0.25, 0.3) is 5.91 Å². The third kappa shape index (κ3) is 3.71. The number of amides is 2. The number of carbonyl (C=O) groups is 2. The van der Waals surface area contributed by atoms with Crippen molar-refractivity contribution in [1.82, 2.24) is 9.88 Å². The zero-order valence-electron chi connectivity index (χ0n) is 13.6. The second kappa shape index (κ2) is 7.12. The zero-order valence-corrected chi connectivity index (χ0v) is 13.6. The quantitative estimate of drug-likeness (QED) is 0.873. The number of piperazine rings is 1. The van der Waals surface area contributed by atoms with E-state index < -0.39 is 0 Å². The maximum atomic E-state index is 12.4. The van der Waals surface area contributed by atoms with Gasteiger partial charge in [-0.1, -0.05) is 17.7 Å². The van der Waals surface area contributed by atoms with Gasteiger partial charge in [0.1, 0.15) is 0 Å². The van der Waals surface area contributed by atoms with E-state index in [-0.39, 0.29) is 5.91 Å². The molecule has 0 bridgehead atoms. The molecule has 0 saturated carbocycles. The van der Waals surface area contributed by atoms with E-state index in [1.807, 2.05) is 37.3 Å². The number of nitrogens with zero attached hydrogens (tertiary/aromatic N) is 3. The second-order valence-corrected chi connectivity index (χ2v) is 5.88. The van der Waals surface area contributed by atoms with Crippen molar-refractivity contribution in [1.29, 1.82) is 0 Å². The molecule has 1 N–H and O–H groups in total. The Bertz CT molecular complexity index is 722. The van der Waals surface area contributed by atoms with E-state index in [1.165, 1.54) is 0 Å². The van der Waals surface area contributed by atoms with Crippen molar-refractivity contribution in [2.45, 2.75) is 6.92 Å². The van der Waals surface area contributed by atoms with Crippen LogP contribution >= 0.6 is 0 Å². The van der Waals surface area contributed by atoms with Gasteiger partial charge in [0.2, 0.25) is 6.41 Å². The van der Waals surface area contributed by atoms with Crippen molar-refractivity contribution in [3.8, 4) is 0 Å². The molecule has 1 aromatic carbocycles. The summed E-state index contributed by atoms with van der Waals surface area (Å²) in [6, 6.07) is 9.51. The first kappa shape index (κ1) is 16.0. The number of pyridine rings is 1. The van der Waals surface area contributed by atoms with Crippen LogP contribution in [-0.2, 0) is 4.79 Å². The van der Waals surface area contributed by atoms with E-state index in [2.05, 4.69) is 15.2 Å². The van der Waals surface area contributed by atoms with Crippen molar-refractivity contribution in [2.75, 3.05) is 36.4 Å². The highest BCUT2D eigenvalue weighted by Crippen LogP contribution is 2.18. The molecule has 1 saturated heterocycles. The molecule has 24 heavy (non-hydrogen) atoms. The van der Waals surface area contributed by atoms with Crippen LogP contribution in [-0.4, -0.2) is 48.4 Å². The van der Waals surface area contributed by atoms with Crippen LogP contribution in [0.25, 0.3) is 0 Å². The summed E-state index contributed by atoms with van der Waals surface area (Å²) in [6.45, 7) is 4.85. The minimum Gasteiger partial charge on any atom is -0.367 e. The molecule has 0 unspecified atom stereocenters. The zero-order chi connectivity index (χ0) is 16.9. The largest absolute Gasteiger partial charge is 0.367 e. The number of aromatic nitrogens is 1. The summed E-state index contributed by atoms with van der Waals surface area (Å²) in [5, 5.41) is 2.88. The number of aryl methyl sites for hydroxylation is 1. The lowest BCUT2D eigenvalue weighted by Gasteiger charge is -2.34. The SMILES string of the molecule is Cc1ccc(NC(=O)c2cncc(N3CCN(C=O)CC3)c2)cc1. The predicted octanol–water partition coefficient (Wildman–Crippen LogP) is 1.92. The van der Waals surface area contributed by atoms with Crippen LogP contribution in [0.2, 0.25) is 0 Å². The van der Waals surface area contributed by atoms with Crippen LogP contribution in [0.15, 0.2) is 42.7 Å². The van der Waals surface area contributed by atoms with Gasteiger partial charge >= 0.3 is 0 Å². The van der Waals surface area contributed by atoms with Gasteiger partial charge in [-0.05, 0) is 25.1 Å². The lowest BCUT2D eigenvalue weighted by molar-refractivity contribution is -0.118. The van der Waals surface area contributed by atoms with Crippen LogP contribution in [0.1, 0.15) is 15.9 Å². The van der Waals surface area contributed by atoms with Gasteiger partial charge in [0, 0.05) is 38.1 Å². The van der Waals surface area contributed by atoms with E-state index >= 15 is 0 Å². The van der Waals surface area contributed by atoms with Crippen LogP contribution in [0.3, 0.4) is 0 Å². The molecule has 0 aliphatic carbocycles. The highest BCUT2D eigenvalue weighted by atomic mass is 16.1. The normalized spacial score (nSPS) is 14.4. The Morgan fingerprint density at radius 3 is 2.50 bits per heavy atom. The molecule has 1 aliphatic rings. The van der Waals surface area contributed by atoms with Gasteiger partial charge in [-0.15, -0.1) is 0 Å². The van der Waals surface area contributed by atoms with Crippen molar-refractivity contribution < 1.29 is 9.59 Å². The number of hydrogen-bond acceptors (Lipinski definition) is 4. The van der Waals surface area contributed by atoms with Gasteiger partial charge in [0.05, 0.1) is 17.4 Å². The van der Waals surface area contributed by atoms with Crippen LogP contribution < -0.4 is 10.2 Å². The molecule has 1 aromatic heterocycles. The molecule has 2 aromatic rings. The number of anilines is 2. The lowest BCUT2D eigenvalue weighted by atomic mass is 10.2. The summed E-state index contributed by atoms with van der Waals surface area (Å²) >= 11 is 0. The Labute approximate surface area is 141 Å². The number of nitrogens with one attached hydrogen (secondary N) is 1. The van der Waals surface area contributed by atoms with Crippen LogP contribution in [0.4, 0.5) is 11.4 Å². The number of hydrogen-bond donors (Lipinski definition) is 1. The fraction of sp³-hybridized carbons (Fsp3) is 0.278. The van der Waals surface area contributed by atoms with E-state index in [4.69, 9.17) is 0 Å². The summed E-state index contributed by atoms with van der Waals surface area (Å²) in [7, 11) is 0. The summed E-state index contributed by atoms with van der Waals surface area (Å²) in [6.07, 6.45) is 4.19. The lowest BCUT2D eigenvalue weighted by Crippen LogP contribution is -2.45. The Morgan fingerprint density at radius 2 is 1.83 bits per heavy atom. The highest BCUT2D eigenvalue weighted by molar-refractivity contribution is 6.04. The number of carbonyl (C=O) groups excluding carboxylic acids is 2. The first-order chi connectivity index (χ1) is 11.7. The van der Waals surface area contributed by atoms with Crippen molar-refractivity contribution in [2.24, 2.45) is 0 Å². The molecule has 124 valence electrons. The van der Waals surface area contributed by atoms with Gasteiger partial charge in [0.15, 0.2) is 0 Å². The predicted molar refractivity (Wildman–Crippen MR) is 93.2 cm³/mol. The third-order valence-corrected chi connectivity index (χ3v) is 4.12. The first-order valence-electron chi connectivity index (χ1n) is 7.93. The fourth-order valence-corrected chi connectivity index (χ4v) is 2.65. The third-order valence-electron chi connectivity index (χ3n) is 4.12. The minimum absolute atomic E-state index is 0.181. The van der Waals surface area contributed by atoms with Gasteiger partial charge in [-0.2, -0.15) is 0 Å². The molecule has 0 atom stereocenters. The molecule has 0 radical (unpaired) electrons. The summed E-state index contributed by atoms with van der Waals surface area (Å²) in [4.78, 5) is 31.3. The van der Waals surface area contributed by atoms with E-state index in [9.17, 15) is 9.59 Å². The Morgan fingerprint density at radius 1 is 1.12 bits per heavy atom. The Balaban J connectivity index is 1.69. The Hall–Kier alpha value is -2.89. The van der Waals surface area contributed by atoms with Crippen molar-refractivity contribution in [3.63, 3.8) is 0 Å². The van der Waals surface area contributed by atoms with E-state index in [0.29, 0.717) is 18.7 Å². The molecule has 6 nitrogen and oxygen atoms in total. The summed E-state index contributed by atoms with van der Waals surface area (Å²) in [5.41, 5.74) is 3.32. The standard InChI is InChI=1S/C18H20N4O2/c1-14-2-4-16(5-3-14)20-18(24)15-10-17(12-19-11-15)22-8-6-21(13-23)7-9-22/h2-5,10-13H,6-9H2,1H3,(H,20,24). The molecule has 1 aliphatic heterocycles. The topological polar surface area (TPSA) is 65.5 Å². The number of rotatable bonds is 4. The molecule has 0 spiro atoms. The molecule has 2 heterocycles. The van der Waals surface area contributed by atoms with Gasteiger partial charge in [-0.3, -0.25) is 14.6 Å². The average molecular weight is 324 g/mol. The average Bonchev–Trinajstić information content (AvgIpc) is 2.64. The van der Waals surface area contributed by atoms with Gasteiger partial charge < -0.3 is 15.1 Å². The summed E-state index contributed by atoms with van der Waals surface area (Å²) < 4.78 is 0. The molecule has 6 heteroatoms. The summed E-state index contributed by atoms with van der Waals surface area (Å²) in [5.74, 6) is -0.181. The van der Waals surface area contributed by atoms with Crippen molar-refractivity contribution >= 4 is 23.7 Å². The van der Waals surface area contributed by atoms with E-state index in [1.54, 1.807) is 17.3 Å². The van der Waals surface area contributed by atoms with Crippen LogP contribution in [0, 0.1) is 6.92 Å². The molecular formula is C18H20N4O2. The first-order valence-corrected chi connectivity index (χ1v) is 7.93. The fourth-order valence-electron chi connectivity index (χ4n) is 2.65. The minimum atomic E-state index is -0.181. The monoisotopic (exact) mass is 324 g/mol. The highest BCUT2D eigenvalue weighted by Gasteiger charge is 2.17. The molecule has 1 fully saturated rings. The maximum Gasteiger partial charge on any atom is 0.257 e. The smallest absolute Gasteiger partial charge is 0.257 e. The van der Waals surface area contributed by atoms with E-state index in [0.717, 1.165) is 36.4 Å². The molecule has 2 amide bonds. The number of benzene rings is 1. The van der Waals surface area contributed by atoms with Gasteiger partial charge in [-0.25, -0.2) is 0 Å². The Kier molecular flexibility index (Phi) is 4.74. The van der Waals surface area contributed by atoms with Crippen LogP contribution in [0.5, 0.6) is 0 Å².